The number of anilines is 1. The maximum Gasteiger partial charge on any atom is 0.296 e. The van der Waals surface area contributed by atoms with Crippen molar-refractivity contribution >= 4 is 15.7 Å². The van der Waals surface area contributed by atoms with Gasteiger partial charge in [0, 0.05) is 18.2 Å². The highest BCUT2D eigenvalue weighted by molar-refractivity contribution is 7.92. The number of para-hydroxylation sites is 1. The summed E-state index contributed by atoms with van der Waals surface area (Å²) in [5, 5.41) is 0. The van der Waals surface area contributed by atoms with Crippen LogP contribution in [0.1, 0.15) is 5.69 Å². The number of oxazole rings is 1. The van der Waals surface area contributed by atoms with Crippen LogP contribution in [0.25, 0.3) is 28.5 Å². The molecule has 0 atom stereocenters. The van der Waals surface area contributed by atoms with Gasteiger partial charge < -0.3 is 4.42 Å². The molecule has 0 aliphatic carbocycles. The molecule has 0 radical (unpaired) electrons. The van der Waals surface area contributed by atoms with Gasteiger partial charge in [0.15, 0.2) is 5.76 Å². The average Bonchev–Trinajstić information content (AvgIpc) is 3.45. The normalized spacial score (nSPS) is 11.5. The Kier molecular flexibility index (Phi) is 5.62. The van der Waals surface area contributed by atoms with Gasteiger partial charge in [-0.1, -0.05) is 48.5 Å². The zero-order valence-corrected chi connectivity index (χ0v) is 19.9. The molecule has 2 heterocycles. The average molecular weight is 487 g/mol. The molecule has 0 saturated heterocycles. The second kappa shape index (κ2) is 8.77. The number of nitrogens with one attached hydrogen (secondary N) is 1. The lowest BCUT2D eigenvalue weighted by atomic mass is 10.2. The molecule has 0 spiro atoms. The third kappa shape index (κ3) is 4.17. The Morgan fingerprint density at radius 3 is 2.14 bits per heavy atom. The molecule has 0 aliphatic rings. The zero-order chi connectivity index (χ0) is 24.6. The molecule has 9 heteroatoms. The second-order valence-electron chi connectivity index (χ2n) is 7.96. The highest BCUT2D eigenvalue weighted by Gasteiger charge is 2.22. The van der Waals surface area contributed by atoms with E-state index in [2.05, 4.69) is 9.71 Å². The van der Waals surface area contributed by atoms with Gasteiger partial charge in [-0.05, 0) is 43.3 Å². The minimum atomic E-state index is -4.01. The molecule has 3 aromatic carbocycles. The molecule has 5 rings (SSSR count). The van der Waals surface area contributed by atoms with Crippen molar-refractivity contribution < 1.29 is 12.8 Å². The number of hydrogen-bond donors (Lipinski definition) is 1. The Labute approximate surface area is 202 Å². The third-order valence-corrected chi connectivity index (χ3v) is 7.13. The Bertz CT molecular complexity index is 1650. The Morgan fingerprint density at radius 1 is 0.857 bits per heavy atom. The largest absolute Gasteiger partial charge is 0.436 e. The molecule has 0 unspecified atom stereocenters. The quantitative estimate of drug-likeness (QED) is 0.378. The molecule has 0 fully saturated rings. The first kappa shape index (κ1) is 22.4. The molecular formula is C26H22N4O4S. The van der Waals surface area contributed by atoms with Gasteiger partial charge in [0.2, 0.25) is 5.89 Å². The summed E-state index contributed by atoms with van der Waals surface area (Å²) < 4.78 is 37.5. The van der Waals surface area contributed by atoms with Gasteiger partial charge in [-0.2, -0.15) is 0 Å². The van der Waals surface area contributed by atoms with Crippen LogP contribution in [0.3, 0.4) is 0 Å². The van der Waals surface area contributed by atoms with Gasteiger partial charge in [-0.25, -0.2) is 18.1 Å². The smallest absolute Gasteiger partial charge is 0.296 e. The van der Waals surface area contributed by atoms with E-state index in [0.717, 1.165) is 5.56 Å². The second-order valence-corrected chi connectivity index (χ2v) is 9.64. The van der Waals surface area contributed by atoms with E-state index in [1.807, 2.05) is 48.5 Å². The predicted octanol–water partition coefficient (Wildman–Crippen LogP) is 4.61. The molecule has 0 bridgehead atoms. The van der Waals surface area contributed by atoms with Crippen molar-refractivity contribution in [3.05, 3.63) is 107 Å². The van der Waals surface area contributed by atoms with E-state index in [4.69, 9.17) is 4.42 Å². The Balaban J connectivity index is 1.42. The first-order chi connectivity index (χ1) is 16.8. The summed E-state index contributed by atoms with van der Waals surface area (Å²) in [6, 6.07) is 24.8. The first-order valence-corrected chi connectivity index (χ1v) is 12.3. The number of nitrogens with zero attached hydrogens (tertiary/aromatic N) is 3. The highest BCUT2D eigenvalue weighted by Crippen LogP contribution is 2.27. The summed E-state index contributed by atoms with van der Waals surface area (Å²) in [4.78, 5) is 17.4. The van der Waals surface area contributed by atoms with E-state index in [9.17, 15) is 13.2 Å². The maximum atomic E-state index is 13.1. The number of rotatable bonds is 6. The lowest BCUT2D eigenvalue weighted by Gasteiger charge is -2.08. The number of benzene rings is 3. The highest BCUT2D eigenvalue weighted by atomic mass is 32.2. The van der Waals surface area contributed by atoms with Gasteiger partial charge in [0.25, 0.3) is 15.6 Å². The summed E-state index contributed by atoms with van der Waals surface area (Å²) in [6.45, 7) is 1.69. The molecule has 0 amide bonds. The van der Waals surface area contributed by atoms with E-state index in [-0.39, 0.29) is 10.6 Å². The number of sulfonamides is 1. The molecule has 0 saturated carbocycles. The van der Waals surface area contributed by atoms with Crippen molar-refractivity contribution in [3.63, 3.8) is 0 Å². The summed E-state index contributed by atoms with van der Waals surface area (Å²) >= 11 is 0. The van der Waals surface area contributed by atoms with Gasteiger partial charge >= 0.3 is 0 Å². The van der Waals surface area contributed by atoms with Crippen LogP contribution in [0.4, 0.5) is 5.69 Å². The lowest BCUT2D eigenvalue weighted by Crippen LogP contribution is -2.23. The van der Waals surface area contributed by atoms with Crippen LogP contribution in [0.5, 0.6) is 0 Å². The Morgan fingerprint density at radius 2 is 1.49 bits per heavy atom. The van der Waals surface area contributed by atoms with Crippen LogP contribution in [0, 0.1) is 6.92 Å². The zero-order valence-electron chi connectivity index (χ0n) is 19.0. The standard InChI is InChI=1S/C26H22N4O4S/c1-18-24(26(31)30(29(18)2)21-11-7-4-8-12-21)28-35(32,33)22-15-13-20(14-16-22)25-27-17-23(34-25)19-9-5-3-6-10-19/h3-17,28H,1-2H3. The fourth-order valence-electron chi connectivity index (χ4n) is 3.80. The van der Waals surface area contributed by atoms with Crippen molar-refractivity contribution in [3.8, 4) is 28.5 Å². The van der Waals surface area contributed by atoms with Crippen LogP contribution in [0.2, 0.25) is 0 Å². The lowest BCUT2D eigenvalue weighted by molar-refractivity contribution is 0.588. The number of hydrogen-bond acceptors (Lipinski definition) is 5. The topological polar surface area (TPSA) is 99.1 Å². The minimum absolute atomic E-state index is 0.000587. The molecule has 8 nitrogen and oxygen atoms in total. The van der Waals surface area contributed by atoms with E-state index >= 15 is 0 Å². The van der Waals surface area contributed by atoms with E-state index in [1.54, 1.807) is 49.1 Å². The molecule has 1 N–H and O–H groups in total. The molecule has 176 valence electrons. The third-order valence-electron chi connectivity index (χ3n) is 5.77. The monoisotopic (exact) mass is 486 g/mol. The maximum absolute atomic E-state index is 13.1. The summed E-state index contributed by atoms with van der Waals surface area (Å²) in [5.74, 6) is 0.999. The van der Waals surface area contributed by atoms with Crippen LogP contribution in [-0.2, 0) is 17.1 Å². The van der Waals surface area contributed by atoms with Gasteiger partial charge in [-0.3, -0.25) is 14.2 Å². The van der Waals surface area contributed by atoms with Gasteiger partial charge in [-0.15, -0.1) is 0 Å². The van der Waals surface area contributed by atoms with Crippen molar-refractivity contribution in [2.45, 2.75) is 11.8 Å². The van der Waals surface area contributed by atoms with E-state index in [0.29, 0.717) is 28.6 Å². The van der Waals surface area contributed by atoms with Crippen molar-refractivity contribution in [2.24, 2.45) is 7.05 Å². The van der Waals surface area contributed by atoms with Crippen LogP contribution >= 0.6 is 0 Å². The summed E-state index contributed by atoms with van der Waals surface area (Å²) in [6.07, 6.45) is 1.63. The van der Waals surface area contributed by atoms with Crippen LogP contribution in [0.15, 0.2) is 105 Å². The first-order valence-electron chi connectivity index (χ1n) is 10.8. The molecule has 0 aliphatic heterocycles. The minimum Gasteiger partial charge on any atom is -0.436 e. The fraction of sp³-hybridized carbons (Fsp3) is 0.0769. The molecule has 2 aromatic heterocycles. The van der Waals surface area contributed by atoms with Crippen LogP contribution in [-0.4, -0.2) is 22.8 Å². The summed E-state index contributed by atoms with van der Waals surface area (Å²) in [5.41, 5.74) is 2.21. The molecular weight excluding hydrogens is 464 g/mol. The van der Waals surface area contributed by atoms with Crippen LogP contribution < -0.4 is 10.3 Å². The van der Waals surface area contributed by atoms with Crippen molar-refractivity contribution in [2.75, 3.05) is 4.72 Å². The van der Waals surface area contributed by atoms with E-state index in [1.165, 1.54) is 16.8 Å². The predicted molar refractivity (Wildman–Crippen MR) is 134 cm³/mol. The van der Waals surface area contributed by atoms with Gasteiger partial charge in [0.05, 0.1) is 22.5 Å². The molecule has 5 aromatic rings. The van der Waals surface area contributed by atoms with Gasteiger partial charge in [0.1, 0.15) is 5.69 Å². The Hall–Kier alpha value is -4.37. The number of aromatic nitrogens is 3. The van der Waals surface area contributed by atoms with Crippen molar-refractivity contribution in [1.82, 2.24) is 14.3 Å². The SMILES string of the molecule is Cc1c(NS(=O)(=O)c2ccc(-c3ncc(-c4ccccc4)o3)cc2)c(=O)n(-c2ccccc2)n1C. The molecule has 35 heavy (non-hydrogen) atoms. The fourth-order valence-corrected chi connectivity index (χ4v) is 4.92. The summed E-state index contributed by atoms with van der Waals surface area (Å²) in [7, 11) is -2.30. The van der Waals surface area contributed by atoms with E-state index < -0.39 is 15.6 Å². The van der Waals surface area contributed by atoms with Crippen molar-refractivity contribution in [1.29, 1.82) is 0 Å².